The van der Waals surface area contributed by atoms with Gasteiger partial charge in [-0.3, -0.25) is 10.1 Å². The molecule has 1 aliphatic heterocycles. The minimum absolute atomic E-state index is 0.0694. The van der Waals surface area contributed by atoms with E-state index in [0.29, 0.717) is 13.1 Å². The van der Waals surface area contributed by atoms with Crippen LogP contribution < -0.4 is 10.6 Å². The summed E-state index contributed by atoms with van der Waals surface area (Å²) in [6.07, 6.45) is 0.711. The number of hydrogen-bond donors (Lipinski definition) is 2. The predicted octanol–water partition coefficient (Wildman–Crippen LogP) is 0.928. The highest BCUT2D eigenvalue weighted by molar-refractivity contribution is 6.30. The molecule has 0 bridgehead atoms. The normalized spacial score (nSPS) is 20.9. The Balaban J connectivity index is 2.03. The molecule has 2 N–H and O–H groups in total. The fourth-order valence-corrected chi connectivity index (χ4v) is 1.62. The molecule has 0 aromatic heterocycles. The number of carbonyl (C=O) groups excluding carboxylic acids is 1. The Bertz CT molecular complexity index is 336. The van der Waals surface area contributed by atoms with E-state index in [2.05, 4.69) is 10.6 Å². The van der Waals surface area contributed by atoms with Gasteiger partial charge in [-0.25, -0.2) is 0 Å². The maximum atomic E-state index is 11.2. The van der Waals surface area contributed by atoms with Crippen molar-refractivity contribution in [2.75, 3.05) is 6.67 Å². The quantitative estimate of drug-likeness (QED) is 0.763. The first kappa shape index (κ1) is 9.49. The van der Waals surface area contributed by atoms with E-state index in [-0.39, 0.29) is 11.9 Å². The average Bonchev–Trinajstić information content (AvgIpc) is 2.56. The summed E-state index contributed by atoms with van der Waals surface area (Å²) in [6, 6.07) is 7.45. The Hall–Kier alpha value is -1.06. The van der Waals surface area contributed by atoms with Crippen molar-refractivity contribution in [3.05, 3.63) is 34.9 Å². The van der Waals surface area contributed by atoms with E-state index in [1.807, 2.05) is 24.3 Å². The molecule has 1 aromatic rings. The van der Waals surface area contributed by atoms with Gasteiger partial charge in [-0.15, -0.1) is 0 Å². The van der Waals surface area contributed by atoms with E-state index in [9.17, 15) is 4.79 Å². The van der Waals surface area contributed by atoms with Crippen molar-refractivity contribution < 1.29 is 4.79 Å². The largest absolute Gasteiger partial charge is 0.342 e. The van der Waals surface area contributed by atoms with Gasteiger partial charge in [-0.2, -0.15) is 0 Å². The van der Waals surface area contributed by atoms with E-state index in [1.54, 1.807) is 0 Å². The molecule has 1 heterocycles. The first-order valence-electron chi connectivity index (χ1n) is 4.51. The monoisotopic (exact) mass is 210 g/mol. The zero-order valence-electron chi connectivity index (χ0n) is 7.59. The molecule has 14 heavy (non-hydrogen) atoms. The average molecular weight is 211 g/mol. The standard InChI is InChI=1S/C10H11ClN2O/c11-8-3-1-7(2-4-8)5-9-10(14)13-6-12-9/h1-4,9,12H,5-6H2,(H,13,14)/t9-/m0/s1. The van der Waals surface area contributed by atoms with Gasteiger partial charge in [-0.1, -0.05) is 23.7 Å². The van der Waals surface area contributed by atoms with Crippen LogP contribution in [0.15, 0.2) is 24.3 Å². The van der Waals surface area contributed by atoms with Gasteiger partial charge in [0, 0.05) is 5.02 Å². The van der Waals surface area contributed by atoms with Crippen molar-refractivity contribution in [1.82, 2.24) is 10.6 Å². The third kappa shape index (κ3) is 2.05. The van der Waals surface area contributed by atoms with Crippen molar-refractivity contribution in [3.8, 4) is 0 Å². The topological polar surface area (TPSA) is 41.1 Å². The molecule has 0 spiro atoms. The summed E-state index contributed by atoms with van der Waals surface area (Å²) >= 11 is 5.76. The molecule has 4 heteroatoms. The third-order valence-electron chi connectivity index (χ3n) is 2.28. The fraction of sp³-hybridized carbons (Fsp3) is 0.300. The Morgan fingerprint density at radius 1 is 1.36 bits per heavy atom. The number of benzene rings is 1. The Morgan fingerprint density at radius 3 is 2.64 bits per heavy atom. The molecule has 2 rings (SSSR count). The summed E-state index contributed by atoms with van der Waals surface area (Å²) < 4.78 is 0. The molecule has 1 atom stereocenters. The van der Waals surface area contributed by atoms with Crippen LogP contribution in [0.2, 0.25) is 5.02 Å². The number of halogens is 1. The summed E-state index contributed by atoms with van der Waals surface area (Å²) in [5, 5.41) is 6.52. The van der Waals surface area contributed by atoms with Crippen LogP contribution in [0.3, 0.4) is 0 Å². The van der Waals surface area contributed by atoms with E-state index in [0.717, 1.165) is 10.6 Å². The SMILES string of the molecule is O=C1NCN[C@H]1Cc1ccc(Cl)cc1. The van der Waals surface area contributed by atoms with Crippen molar-refractivity contribution in [3.63, 3.8) is 0 Å². The van der Waals surface area contributed by atoms with Gasteiger partial charge >= 0.3 is 0 Å². The van der Waals surface area contributed by atoms with Gasteiger partial charge in [0.2, 0.25) is 5.91 Å². The molecule has 1 aromatic carbocycles. The van der Waals surface area contributed by atoms with E-state index >= 15 is 0 Å². The van der Waals surface area contributed by atoms with Gasteiger partial charge in [0.1, 0.15) is 0 Å². The first-order chi connectivity index (χ1) is 6.75. The minimum atomic E-state index is -0.101. The zero-order chi connectivity index (χ0) is 9.97. The van der Waals surface area contributed by atoms with Crippen LogP contribution >= 0.6 is 11.6 Å². The predicted molar refractivity (Wildman–Crippen MR) is 55.1 cm³/mol. The second-order valence-electron chi connectivity index (χ2n) is 3.31. The molecule has 0 aliphatic carbocycles. The van der Waals surface area contributed by atoms with Crippen molar-refractivity contribution in [2.45, 2.75) is 12.5 Å². The lowest BCUT2D eigenvalue weighted by atomic mass is 10.1. The molecule has 1 fully saturated rings. The summed E-state index contributed by atoms with van der Waals surface area (Å²) in [4.78, 5) is 11.2. The van der Waals surface area contributed by atoms with Crippen LogP contribution in [0.1, 0.15) is 5.56 Å². The first-order valence-corrected chi connectivity index (χ1v) is 4.89. The molecular formula is C10H11ClN2O. The molecular weight excluding hydrogens is 200 g/mol. The molecule has 0 unspecified atom stereocenters. The Kier molecular flexibility index (Phi) is 2.70. The number of hydrogen-bond acceptors (Lipinski definition) is 2. The molecule has 0 radical (unpaired) electrons. The molecule has 74 valence electrons. The van der Waals surface area contributed by atoms with Crippen LogP contribution in [0.25, 0.3) is 0 Å². The van der Waals surface area contributed by atoms with Crippen LogP contribution in [0.5, 0.6) is 0 Å². The van der Waals surface area contributed by atoms with Crippen molar-refractivity contribution in [2.24, 2.45) is 0 Å². The van der Waals surface area contributed by atoms with E-state index in [4.69, 9.17) is 11.6 Å². The van der Waals surface area contributed by atoms with Crippen molar-refractivity contribution >= 4 is 17.5 Å². The molecule has 3 nitrogen and oxygen atoms in total. The van der Waals surface area contributed by atoms with Gasteiger partial charge < -0.3 is 5.32 Å². The minimum Gasteiger partial charge on any atom is -0.342 e. The summed E-state index contributed by atoms with van der Waals surface area (Å²) in [5.74, 6) is 0.0694. The van der Waals surface area contributed by atoms with Crippen LogP contribution in [0.4, 0.5) is 0 Å². The van der Waals surface area contributed by atoms with Crippen molar-refractivity contribution in [1.29, 1.82) is 0 Å². The lowest BCUT2D eigenvalue weighted by Gasteiger charge is -2.06. The van der Waals surface area contributed by atoms with Gasteiger partial charge in [0.15, 0.2) is 0 Å². The number of rotatable bonds is 2. The van der Waals surface area contributed by atoms with Crippen LogP contribution in [0, 0.1) is 0 Å². The highest BCUT2D eigenvalue weighted by Crippen LogP contribution is 2.11. The van der Waals surface area contributed by atoms with E-state index in [1.165, 1.54) is 0 Å². The van der Waals surface area contributed by atoms with Crippen LogP contribution in [-0.4, -0.2) is 18.6 Å². The second-order valence-corrected chi connectivity index (χ2v) is 3.74. The maximum Gasteiger partial charge on any atom is 0.238 e. The zero-order valence-corrected chi connectivity index (χ0v) is 8.34. The smallest absolute Gasteiger partial charge is 0.238 e. The Morgan fingerprint density at radius 2 is 2.07 bits per heavy atom. The van der Waals surface area contributed by atoms with Crippen LogP contribution in [-0.2, 0) is 11.2 Å². The number of carbonyl (C=O) groups is 1. The highest BCUT2D eigenvalue weighted by Gasteiger charge is 2.22. The van der Waals surface area contributed by atoms with Gasteiger partial charge in [-0.05, 0) is 24.1 Å². The Labute approximate surface area is 87.4 Å². The lowest BCUT2D eigenvalue weighted by molar-refractivity contribution is -0.120. The van der Waals surface area contributed by atoms with Gasteiger partial charge in [0.05, 0.1) is 12.7 Å². The number of nitrogens with one attached hydrogen (secondary N) is 2. The third-order valence-corrected chi connectivity index (χ3v) is 2.53. The van der Waals surface area contributed by atoms with E-state index < -0.39 is 0 Å². The lowest BCUT2D eigenvalue weighted by Crippen LogP contribution is -2.30. The fourth-order valence-electron chi connectivity index (χ4n) is 1.50. The summed E-state index contributed by atoms with van der Waals surface area (Å²) in [6.45, 7) is 0.567. The summed E-state index contributed by atoms with van der Waals surface area (Å²) in [5.41, 5.74) is 1.11. The molecule has 1 saturated heterocycles. The van der Waals surface area contributed by atoms with Gasteiger partial charge in [0.25, 0.3) is 0 Å². The molecule has 1 amide bonds. The maximum absolute atomic E-state index is 11.2. The second kappa shape index (κ2) is 3.98. The molecule has 1 aliphatic rings. The molecule has 0 saturated carbocycles. The number of amides is 1. The summed E-state index contributed by atoms with van der Waals surface area (Å²) in [7, 11) is 0. The highest BCUT2D eigenvalue weighted by atomic mass is 35.5.